The largest absolute Gasteiger partial charge is 0.508 e. The Bertz CT molecular complexity index is 1060. The predicted octanol–water partition coefficient (Wildman–Crippen LogP) is 5.68. The molecule has 0 radical (unpaired) electrons. The number of carbonyl (C=O) groups excluding carboxylic acids is 1. The molecular formula is C31H40N2O4. The van der Waals surface area contributed by atoms with E-state index in [1.807, 2.05) is 36.4 Å². The monoisotopic (exact) mass is 504 g/mol. The van der Waals surface area contributed by atoms with E-state index in [0.29, 0.717) is 19.1 Å². The van der Waals surface area contributed by atoms with Crippen molar-refractivity contribution < 1.29 is 19.7 Å². The minimum absolute atomic E-state index is 0.171. The minimum Gasteiger partial charge on any atom is -0.508 e. The highest BCUT2D eigenvalue weighted by Gasteiger charge is 2.10. The summed E-state index contributed by atoms with van der Waals surface area (Å²) >= 11 is 0. The van der Waals surface area contributed by atoms with Gasteiger partial charge in [0.25, 0.3) is 0 Å². The lowest BCUT2D eigenvalue weighted by Crippen LogP contribution is -2.30. The number of aryl methyl sites for hydroxylation is 2. The smallest absolute Gasteiger partial charge is 0.407 e. The van der Waals surface area contributed by atoms with Crippen molar-refractivity contribution in [3.8, 4) is 5.75 Å². The maximum Gasteiger partial charge on any atom is 0.407 e. The first kappa shape index (κ1) is 28.2. The summed E-state index contributed by atoms with van der Waals surface area (Å²) in [4.78, 5) is 11.8. The number of rotatable bonds is 15. The van der Waals surface area contributed by atoms with Gasteiger partial charge in [-0.3, -0.25) is 0 Å². The summed E-state index contributed by atoms with van der Waals surface area (Å²) in [5.74, 6) is 0.171. The molecule has 3 aromatic carbocycles. The first-order valence-electron chi connectivity index (χ1n) is 13.2. The third kappa shape index (κ3) is 11.1. The number of hydrogen-bond donors (Lipinski definition) is 4. The molecule has 3 aromatic rings. The van der Waals surface area contributed by atoms with Gasteiger partial charge in [0.15, 0.2) is 0 Å². The van der Waals surface area contributed by atoms with Gasteiger partial charge in [-0.05, 0) is 79.8 Å². The van der Waals surface area contributed by atoms with Crippen LogP contribution < -0.4 is 10.6 Å². The number of phenolic OH excluding ortho intramolecular Hbond substituents is 1. The Morgan fingerprint density at radius 3 is 2.27 bits per heavy atom. The fraction of sp³-hybridized carbons (Fsp3) is 0.387. The van der Waals surface area contributed by atoms with E-state index < -0.39 is 6.10 Å². The third-order valence-electron chi connectivity index (χ3n) is 6.41. The molecule has 0 heterocycles. The summed E-state index contributed by atoms with van der Waals surface area (Å²) in [5.41, 5.74) is 4.34. The standard InChI is InChI=1S/C31H40N2O4/c1-24(33-22-30(35)28-14-8-15-29(34)21-28)9-7-13-26-18-16-25(17-19-26)10-5-6-20-32-31(36)37-23-27-11-3-2-4-12-27/h2-4,8,11-12,14-19,21,24,30,33-35H,5-7,9-10,13,20,22-23H2,1H3,(H,32,36)/t24?,30-/m0/s1. The number of nitrogens with one attached hydrogen (secondary N) is 2. The van der Waals surface area contributed by atoms with Crippen LogP contribution in [0.1, 0.15) is 61.0 Å². The summed E-state index contributed by atoms with van der Waals surface area (Å²) < 4.78 is 5.23. The number of carbonyl (C=O) groups is 1. The molecule has 1 unspecified atom stereocenters. The van der Waals surface area contributed by atoms with Gasteiger partial charge in [-0.1, -0.05) is 66.7 Å². The van der Waals surface area contributed by atoms with Crippen LogP contribution >= 0.6 is 0 Å². The normalized spacial score (nSPS) is 12.6. The van der Waals surface area contributed by atoms with Crippen LogP contribution in [0.3, 0.4) is 0 Å². The Kier molecular flexibility index (Phi) is 12.0. The van der Waals surface area contributed by atoms with Crippen LogP contribution in [0.25, 0.3) is 0 Å². The number of amides is 1. The van der Waals surface area contributed by atoms with Gasteiger partial charge in [-0.15, -0.1) is 0 Å². The van der Waals surface area contributed by atoms with Crippen molar-refractivity contribution in [3.05, 3.63) is 101 Å². The van der Waals surface area contributed by atoms with Gasteiger partial charge in [0.2, 0.25) is 0 Å². The maximum atomic E-state index is 11.8. The van der Waals surface area contributed by atoms with E-state index in [4.69, 9.17) is 4.74 Å². The van der Waals surface area contributed by atoms with Crippen molar-refractivity contribution >= 4 is 6.09 Å². The van der Waals surface area contributed by atoms with Crippen molar-refractivity contribution in [1.82, 2.24) is 10.6 Å². The molecule has 0 aromatic heterocycles. The SMILES string of the molecule is CC(CCCc1ccc(CCCCNC(=O)OCc2ccccc2)cc1)NC[C@H](O)c1cccc(O)c1. The van der Waals surface area contributed by atoms with Crippen LogP contribution in [-0.2, 0) is 24.2 Å². The lowest BCUT2D eigenvalue weighted by molar-refractivity contribution is 0.139. The molecule has 1 amide bonds. The highest BCUT2D eigenvalue weighted by Crippen LogP contribution is 2.18. The van der Waals surface area contributed by atoms with Crippen molar-refractivity contribution in [2.75, 3.05) is 13.1 Å². The van der Waals surface area contributed by atoms with E-state index in [2.05, 4.69) is 41.8 Å². The van der Waals surface area contributed by atoms with E-state index in [-0.39, 0.29) is 18.4 Å². The predicted molar refractivity (Wildman–Crippen MR) is 147 cm³/mol. The van der Waals surface area contributed by atoms with E-state index in [1.165, 1.54) is 11.1 Å². The number of phenols is 1. The van der Waals surface area contributed by atoms with Crippen LogP contribution in [-0.4, -0.2) is 35.4 Å². The third-order valence-corrected chi connectivity index (χ3v) is 6.41. The van der Waals surface area contributed by atoms with Crippen molar-refractivity contribution in [1.29, 1.82) is 0 Å². The Hall–Kier alpha value is -3.35. The Balaban J connectivity index is 1.22. The molecule has 0 bridgehead atoms. The quantitative estimate of drug-likeness (QED) is 0.200. The summed E-state index contributed by atoms with van der Waals surface area (Å²) in [6.45, 7) is 3.50. The van der Waals surface area contributed by atoms with Gasteiger partial charge in [-0.25, -0.2) is 4.79 Å². The second-order valence-electron chi connectivity index (χ2n) is 9.57. The molecule has 0 fully saturated rings. The first-order chi connectivity index (χ1) is 18.0. The van der Waals surface area contributed by atoms with Crippen molar-refractivity contribution in [2.24, 2.45) is 0 Å². The van der Waals surface area contributed by atoms with E-state index >= 15 is 0 Å². The maximum absolute atomic E-state index is 11.8. The second kappa shape index (κ2) is 15.7. The number of unbranched alkanes of at least 4 members (excludes halogenated alkanes) is 1. The lowest BCUT2D eigenvalue weighted by atomic mass is 10.0. The fourth-order valence-corrected chi connectivity index (χ4v) is 4.17. The van der Waals surface area contributed by atoms with Crippen molar-refractivity contribution in [3.63, 3.8) is 0 Å². The van der Waals surface area contributed by atoms with Gasteiger partial charge in [0.05, 0.1) is 6.10 Å². The summed E-state index contributed by atoms with van der Waals surface area (Å²) in [7, 11) is 0. The molecule has 198 valence electrons. The summed E-state index contributed by atoms with van der Waals surface area (Å²) in [6, 6.07) is 25.5. The Morgan fingerprint density at radius 1 is 0.865 bits per heavy atom. The zero-order valence-electron chi connectivity index (χ0n) is 21.7. The highest BCUT2D eigenvalue weighted by atomic mass is 16.5. The van der Waals surface area contributed by atoms with Crippen LogP contribution in [0.4, 0.5) is 4.79 Å². The topological polar surface area (TPSA) is 90.8 Å². The minimum atomic E-state index is -0.633. The molecule has 6 nitrogen and oxygen atoms in total. The Morgan fingerprint density at radius 2 is 1.57 bits per heavy atom. The lowest BCUT2D eigenvalue weighted by Gasteiger charge is -2.17. The van der Waals surface area contributed by atoms with Crippen LogP contribution in [0, 0.1) is 0 Å². The molecule has 0 spiro atoms. The van der Waals surface area contributed by atoms with Crippen molar-refractivity contribution in [2.45, 2.75) is 64.2 Å². The molecule has 37 heavy (non-hydrogen) atoms. The number of aliphatic hydroxyl groups excluding tert-OH is 1. The highest BCUT2D eigenvalue weighted by molar-refractivity contribution is 5.67. The molecule has 4 N–H and O–H groups in total. The number of benzene rings is 3. The average Bonchev–Trinajstić information content (AvgIpc) is 2.92. The molecule has 0 saturated carbocycles. The van der Waals surface area contributed by atoms with Gasteiger partial charge in [0, 0.05) is 19.1 Å². The Labute approximate surface area is 220 Å². The number of hydrogen-bond acceptors (Lipinski definition) is 5. The van der Waals surface area contributed by atoms with E-state index in [1.54, 1.807) is 18.2 Å². The van der Waals surface area contributed by atoms with Gasteiger partial charge in [-0.2, -0.15) is 0 Å². The summed E-state index contributed by atoms with van der Waals surface area (Å²) in [5, 5.41) is 26.1. The zero-order chi connectivity index (χ0) is 26.3. The number of ether oxygens (including phenoxy) is 1. The molecule has 0 saturated heterocycles. The van der Waals surface area contributed by atoms with Crippen LogP contribution in [0.5, 0.6) is 5.75 Å². The number of aromatic hydroxyl groups is 1. The van der Waals surface area contributed by atoms with Crippen LogP contribution in [0.2, 0.25) is 0 Å². The molecule has 0 aliphatic heterocycles. The van der Waals surface area contributed by atoms with Gasteiger partial charge >= 0.3 is 6.09 Å². The fourth-order valence-electron chi connectivity index (χ4n) is 4.17. The van der Waals surface area contributed by atoms with E-state index in [9.17, 15) is 15.0 Å². The number of alkyl carbamates (subject to hydrolysis) is 1. The second-order valence-corrected chi connectivity index (χ2v) is 9.57. The van der Waals surface area contributed by atoms with Gasteiger partial charge in [0.1, 0.15) is 12.4 Å². The van der Waals surface area contributed by atoms with Crippen LogP contribution in [0.15, 0.2) is 78.9 Å². The molecule has 0 aliphatic carbocycles. The first-order valence-corrected chi connectivity index (χ1v) is 13.2. The van der Waals surface area contributed by atoms with Gasteiger partial charge < -0.3 is 25.6 Å². The molecule has 3 rings (SSSR count). The average molecular weight is 505 g/mol. The number of aliphatic hydroxyl groups is 1. The summed E-state index contributed by atoms with van der Waals surface area (Å²) in [6.07, 6.45) is 5.02. The van der Waals surface area contributed by atoms with E-state index in [0.717, 1.165) is 49.7 Å². The molecule has 6 heteroatoms. The molecule has 2 atom stereocenters. The molecular weight excluding hydrogens is 464 g/mol. The molecule has 0 aliphatic rings. The zero-order valence-corrected chi connectivity index (χ0v) is 21.7.